The van der Waals surface area contributed by atoms with Crippen LogP contribution in [0.4, 0.5) is 0 Å². The molecule has 0 spiro atoms. The van der Waals surface area contributed by atoms with E-state index in [1.54, 1.807) is 6.92 Å². The second-order valence-corrected chi connectivity index (χ2v) is 6.66. The highest BCUT2D eigenvalue weighted by Gasteiger charge is 2.15. The van der Waals surface area contributed by atoms with Crippen LogP contribution < -0.4 is 0 Å². The van der Waals surface area contributed by atoms with Gasteiger partial charge in [0.2, 0.25) is 0 Å². The van der Waals surface area contributed by atoms with E-state index in [-0.39, 0.29) is 11.7 Å². The second-order valence-electron chi connectivity index (χ2n) is 3.56. The molecular weight excluding hydrogens is 339 g/mol. The van der Waals surface area contributed by atoms with Crippen LogP contribution in [-0.2, 0) is 21.3 Å². The van der Waals surface area contributed by atoms with Gasteiger partial charge in [0.25, 0.3) is 0 Å². The minimum Gasteiger partial charge on any atom is -0.481 e. The third-order valence-corrected chi connectivity index (χ3v) is 4.53. The van der Waals surface area contributed by atoms with E-state index >= 15 is 0 Å². The molecule has 2 unspecified atom stereocenters. The van der Waals surface area contributed by atoms with Gasteiger partial charge in [-0.25, -0.2) is 0 Å². The number of benzene rings is 1. The van der Waals surface area contributed by atoms with Crippen molar-refractivity contribution >= 4 is 39.4 Å². The lowest BCUT2D eigenvalue weighted by Gasteiger charge is -2.08. The second kappa shape index (κ2) is 6.34. The van der Waals surface area contributed by atoms with Gasteiger partial charge < -0.3 is 5.11 Å². The van der Waals surface area contributed by atoms with E-state index in [0.29, 0.717) is 5.75 Å². The summed E-state index contributed by atoms with van der Waals surface area (Å²) in [5.41, 5.74) is 0.982. The maximum Gasteiger partial charge on any atom is 0.304 e. The van der Waals surface area contributed by atoms with Gasteiger partial charge in [0, 0.05) is 25.4 Å². The summed E-state index contributed by atoms with van der Waals surface area (Å²) in [6.07, 6.45) is -0.0447. The molecule has 0 aliphatic carbocycles. The quantitative estimate of drug-likeness (QED) is 0.828. The summed E-state index contributed by atoms with van der Waals surface area (Å²) >= 11 is 2.21. The van der Waals surface area contributed by atoms with Crippen molar-refractivity contribution in [1.82, 2.24) is 0 Å². The van der Waals surface area contributed by atoms with Gasteiger partial charge in [0.1, 0.15) is 0 Å². The predicted octanol–water partition coefficient (Wildman–Crippen LogP) is 2.40. The monoisotopic (exact) mass is 352 g/mol. The first kappa shape index (κ1) is 13.6. The molecular formula is C11H13IO3S. The van der Waals surface area contributed by atoms with Crippen LogP contribution in [0.2, 0.25) is 0 Å². The molecule has 0 bridgehead atoms. The van der Waals surface area contributed by atoms with E-state index in [1.807, 2.05) is 24.3 Å². The molecule has 0 amide bonds. The highest BCUT2D eigenvalue weighted by Crippen LogP contribution is 2.12. The molecule has 0 aliphatic heterocycles. The third kappa shape index (κ3) is 4.61. The zero-order valence-electron chi connectivity index (χ0n) is 8.85. The zero-order chi connectivity index (χ0) is 12.1. The summed E-state index contributed by atoms with van der Waals surface area (Å²) in [4.78, 5) is 10.5. The van der Waals surface area contributed by atoms with Gasteiger partial charge in [-0.2, -0.15) is 0 Å². The Bertz CT molecular complexity index is 389. The van der Waals surface area contributed by atoms with Gasteiger partial charge in [0.05, 0.1) is 6.42 Å². The molecule has 1 rings (SSSR count). The summed E-state index contributed by atoms with van der Waals surface area (Å²) in [7, 11) is -1.13. The molecule has 0 aliphatic rings. The molecule has 0 saturated carbocycles. The Hall–Kier alpha value is -0.430. The van der Waals surface area contributed by atoms with Crippen molar-refractivity contribution in [3.05, 3.63) is 33.4 Å². The van der Waals surface area contributed by atoms with Crippen LogP contribution in [0.25, 0.3) is 0 Å². The molecule has 1 aromatic rings. The van der Waals surface area contributed by atoms with Gasteiger partial charge in [-0.05, 0) is 40.3 Å². The number of aliphatic carboxylic acids is 1. The van der Waals surface area contributed by atoms with Crippen LogP contribution in [-0.4, -0.2) is 20.5 Å². The zero-order valence-corrected chi connectivity index (χ0v) is 11.8. The number of rotatable bonds is 5. The summed E-state index contributed by atoms with van der Waals surface area (Å²) in [6.45, 7) is 1.71. The van der Waals surface area contributed by atoms with Crippen molar-refractivity contribution in [1.29, 1.82) is 0 Å². The fourth-order valence-electron chi connectivity index (χ4n) is 1.23. The highest BCUT2D eigenvalue weighted by molar-refractivity contribution is 14.1. The number of hydrogen-bond acceptors (Lipinski definition) is 2. The number of halogens is 1. The molecule has 16 heavy (non-hydrogen) atoms. The Morgan fingerprint density at radius 2 is 2.00 bits per heavy atom. The summed E-state index contributed by atoms with van der Waals surface area (Å²) in [5.74, 6) is -0.478. The van der Waals surface area contributed by atoms with Crippen LogP contribution in [0.3, 0.4) is 0 Å². The maximum atomic E-state index is 11.8. The maximum absolute atomic E-state index is 11.8. The summed E-state index contributed by atoms with van der Waals surface area (Å²) in [5, 5.41) is 8.29. The lowest BCUT2D eigenvalue weighted by molar-refractivity contribution is -0.136. The van der Waals surface area contributed by atoms with Gasteiger partial charge in [-0.1, -0.05) is 19.1 Å². The molecule has 2 atom stereocenters. The minimum atomic E-state index is -1.13. The SMILES string of the molecule is CC(CC(=O)O)S(=O)Cc1ccc(I)cc1. The Labute approximate surface area is 111 Å². The van der Waals surface area contributed by atoms with Crippen LogP contribution in [0.5, 0.6) is 0 Å². The van der Waals surface area contributed by atoms with Crippen molar-refractivity contribution in [3.63, 3.8) is 0 Å². The molecule has 0 radical (unpaired) electrons. The average Bonchev–Trinajstić information content (AvgIpc) is 2.20. The average molecular weight is 352 g/mol. The van der Waals surface area contributed by atoms with Crippen LogP contribution in [0.15, 0.2) is 24.3 Å². The first-order valence-corrected chi connectivity index (χ1v) is 7.28. The Balaban J connectivity index is 2.57. The summed E-state index contributed by atoms with van der Waals surface area (Å²) < 4.78 is 12.9. The molecule has 0 heterocycles. The van der Waals surface area contributed by atoms with Crippen molar-refractivity contribution in [3.8, 4) is 0 Å². The van der Waals surface area contributed by atoms with Crippen molar-refractivity contribution in [2.45, 2.75) is 24.3 Å². The van der Waals surface area contributed by atoms with E-state index in [0.717, 1.165) is 9.13 Å². The molecule has 1 N–H and O–H groups in total. The number of carbonyl (C=O) groups is 1. The van der Waals surface area contributed by atoms with Crippen molar-refractivity contribution in [2.24, 2.45) is 0 Å². The van der Waals surface area contributed by atoms with E-state index in [1.165, 1.54) is 0 Å². The van der Waals surface area contributed by atoms with Gasteiger partial charge in [0.15, 0.2) is 0 Å². The van der Waals surface area contributed by atoms with Gasteiger partial charge in [-0.15, -0.1) is 0 Å². The normalized spacial score (nSPS) is 14.4. The van der Waals surface area contributed by atoms with Crippen molar-refractivity contribution < 1.29 is 14.1 Å². The number of hydrogen-bond donors (Lipinski definition) is 1. The lowest BCUT2D eigenvalue weighted by atomic mass is 10.2. The van der Waals surface area contributed by atoms with Crippen LogP contribution in [0, 0.1) is 3.57 Å². The molecule has 3 nitrogen and oxygen atoms in total. The van der Waals surface area contributed by atoms with Crippen LogP contribution >= 0.6 is 22.6 Å². The molecule has 5 heteroatoms. The lowest BCUT2D eigenvalue weighted by Crippen LogP contribution is -2.17. The van der Waals surface area contributed by atoms with E-state index in [9.17, 15) is 9.00 Å². The Kier molecular flexibility index (Phi) is 5.40. The third-order valence-electron chi connectivity index (χ3n) is 2.13. The minimum absolute atomic E-state index is 0.0447. The van der Waals surface area contributed by atoms with Crippen LogP contribution in [0.1, 0.15) is 18.9 Å². The number of carboxylic acid groups (broad SMARTS) is 1. The summed E-state index contributed by atoms with van der Waals surface area (Å²) in [6, 6.07) is 7.75. The van der Waals surface area contributed by atoms with Gasteiger partial charge in [-0.3, -0.25) is 9.00 Å². The topological polar surface area (TPSA) is 54.4 Å². The first-order valence-electron chi connectivity index (χ1n) is 4.82. The Morgan fingerprint density at radius 3 is 2.50 bits per heavy atom. The van der Waals surface area contributed by atoms with Gasteiger partial charge >= 0.3 is 5.97 Å². The fraction of sp³-hybridized carbons (Fsp3) is 0.364. The number of carboxylic acids is 1. The first-order chi connectivity index (χ1) is 7.49. The van der Waals surface area contributed by atoms with E-state index in [4.69, 9.17) is 5.11 Å². The predicted molar refractivity (Wildman–Crippen MR) is 72.7 cm³/mol. The molecule has 1 aromatic carbocycles. The fourth-order valence-corrected chi connectivity index (χ4v) is 2.72. The Morgan fingerprint density at radius 1 is 1.44 bits per heavy atom. The van der Waals surface area contributed by atoms with E-state index < -0.39 is 16.8 Å². The molecule has 0 saturated heterocycles. The van der Waals surface area contributed by atoms with E-state index in [2.05, 4.69) is 22.6 Å². The largest absolute Gasteiger partial charge is 0.481 e. The standard InChI is InChI=1S/C11H13IO3S/c1-8(6-11(13)14)16(15)7-9-2-4-10(12)5-3-9/h2-5,8H,6-7H2,1H3,(H,13,14). The molecule has 88 valence electrons. The molecule has 0 aromatic heterocycles. The smallest absolute Gasteiger partial charge is 0.304 e. The molecule has 0 fully saturated rings. The van der Waals surface area contributed by atoms with Crippen molar-refractivity contribution in [2.75, 3.05) is 0 Å². The highest BCUT2D eigenvalue weighted by atomic mass is 127.